The summed E-state index contributed by atoms with van der Waals surface area (Å²) in [7, 11) is 2.18. The van der Waals surface area contributed by atoms with Crippen LogP contribution < -0.4 is 5.73 Å². The molecule has 12 heavy (non-hydrogen) atoms. The molecule has 0 aromatic carbocycles. The molecular formula is C10H24N2. The lowest BCUT2D eigenvalue weighted by atomic mass is 10.1. The van der Waals surface area contributed by atoms with Gasteiger partial charge in [0.05, 0.1) is 0 Å². The normalized spacial score (nSPS) is 12.5. The van der Waals surface area contributed by atoms with E-state index in [2.05, 4.69) is 32.7 Å². The standard InChI is InChI=1S/C10H24N2/c1-10(2,3)12(4)9-7-5-6-8-11/h5-9,11H2,1-4H3. The molecule has 2 heteroatoms. The van der Waals surface area contributed by atoms with Crippen LogP contribution in [-0.4, -0.2) is 30.6 Å². The fraction of sp³-hybridized carbons (Fsp3) is 1.00. The van der Waals surface area contributed by atoms with E-state index in [0.29, 0.717) is 5.54 Å². The van der Waals surface area contributed by atoms with Crippen molar-refractivity contribution in [3.05, 3.63) is 0 Å². The highest BCUT2D eigenvalue weighted by molar-refractivity contribution is 4.72. The Kier molecular flexibility index (Phi) is 5.51. The molecule has 0 saturated carbocycles. The Morgan fingerprint density at radius 1 is 1.08 bits per heavy atom. The minimum absolute atomic E-state index is 0.308. The lowest BCUT2D eigenvalue weighted by molar-refractivity contribution is 0.172. The molecule has 0 aliphatic carbocycles. The third kappa shape index (κ3) is 5.56. The van der Waals surface area contributed by atoms with Gasteiger partial charge in [-0.2, -0.15) is 0 Å². The topological polar surface area (TPSA) is 29.3 Å². The van der Waals surface area contributed by atoms with Crippen LogP contribution >= 0.6 is 0 Å². The molecular weight excluding hydrogens is 148 g/mol. The van der Waals surface area contributed by atoms with Crippen LogP contribution in [0.5, 0.6) is 0 Å². The molecule has 2 N–H and O–H groups in total. The minimum atomic E-state index is 0.308. The zero-order valence-electron chi connectivity index (χ0n) is 9.06. The van der Waals surface area contributed by atoms with Gasteiger partial charge in [-0.1, -0.05) is 6.42 Å². The first-order valence-electron chi connectivity index (χ1n) is 4.90. The van der Waals surface area contributed by atoms with Crippen molar-refractivity contribution >= 4 is 0 Å². The third-order valence-electron chi connectivity index (χ3n) is 2.34. The van der Waals surface area contributed by atoms with E-state index in [1.54, 1.807) is 0 Å². The molecule has 0 fully saturated rings. The first kappa shape index (κ1) is 11.9. The monoisotopic (exact) mass is 172 g/mol. The summed E-state index contributed by atoms with van der Waals surface area (Å²) >= 11 is 0. The van der Waals surface area contributed by atoms with Crippen LogP contribution in [0.15, 0.2) is 0 Å². The van der Waals surface area contributed by atoms with Gasteiger partial charge in [-0.3, -0.25) is 0 Å². The molecule has 0 atom stereocenters. The maximum atomic E-state index is 5.42. The van der Waals surface area contributed by atoms with Gasteiger partial charge in [0, 0.05) is 5.54 Å². The average Bonchev–Trinajstić information content (AvgIpc) is 1.96. The highest BCUT2D eigenvalue weighted by Gasteiger charge is 2.15. The summed E-state index contributed by atoms with van der Waals surface area (Å²) < 4.78 is 0. The van der Waals surface area contributed by atoms with Crippen molar-refractivity contribution in [2.45, 2.75) is 45.6 Å². The minimum Gasteiger partial charge on any atom is -0.330 e. The Morgan fingerprint density at radius 2 is 1.67 bits per heavy atom. The van der Waals surface area contributed by atoms with E-state index in [0.717, 1.165) is 13.0 Å². The van der Waals surface area contributed by atoms with Gasteiger partial charge in [-0.25, -0.2) is 0 Å². The fourth-order valence-corrected chi connectivity index (χ4v) is 1.01. The predicted molar refractivity (Wildman–Crippen MR) is 55.3 cm³/mol. The molecule has 0 bridgehead atoms. The van der Waals surface area contributed by atoms with E-state index >= 15 is 0 Å². The van der Waals surface area contributed by atoms with E-state index in [9.17, 15) is 0 Å². The third-order valence-corrected chi connectivity index (χ3v) is 2.34. The molecule has 0 aliphatic rings. The summed E-state index contributed by atoms with van der Waals surface area (Å²) in [6.45, 7) is 8.75. The van der Waals surface area contributed by atoms with Crippen LogP contribution in [0.1, 0.15) is 40.0 Å². The number of rotatable bonds is 5. The van der Waals surface area contributed by atoms with Gasteiger partial charge >= 0.3 is 0 Å². The second-order valence-electron chi connectivity index (χ2n) is 4.44. The van der Waals surface area contributed by atoms with E-state index in [1.807, 2.05) is 0 Å². The van der Waals surface area contributed by atoms with Crippen molar-refractivity contribution in [1.29, 1.82) is 0 Å². The summed E-state index contributed by atoms with van der Waals surface area (Å²) in [6, 6.07) is 0. The van der Waals surface area contributed by atoms with Crippen molar-refractivity contribution in [1.82, 2.24) is 4.90 Å². The molecule has 0 radical (unpaired) electrons. The Labute approximate surface area is 77.1 Å². The van der Waals surface area contributed by atoms with Crippen LogP contribution in [0.2, 0.25) is 0 Å². The van der Waals surface area contributed by atoms with Gasteiger partial charge in [0.25, 0.3) is 0 Å². The summed E-state index contributed by atoms with van der Waals surface area (Å²) in [5.74, 6) is 0. The second kappa shape index (κ2) is 5.55. The van der Waals surface area contributed by atoms with E-state index < -0.39 is 0 Å². The maximum Gasteiger partial charge on any atom is 0.0122 e. The molecule has 0 heterocycles. The van der Waals surface area contributed by atoms with Gasteiger partial charge in [0.1, 0.15) is 0 Å². The molecule has 0 saturated heterocycles. The van der Waals surface area contributed by atoms with Crippen LogP contribution in [0, 0.1) is 0 Å². The molecule has 0 aromatic heterocycles. The number of hydrogen-bond acceptors (Lipinski definition) is 2. The average molecular weight is 172 g/mol. The van der Waals surface area contributed by atoms with Gasteiger partial charge in [0.2, 0.25) is 0 Å². The first-order chi connectivity index (χ1) is 5.48. The first-order valence-corrected chi connectivity index (χ1v) is 4.90. The Morgan fingerprint density at radius 3 is 2.08 bits per heavy atom. The lowest BCUT2D eigenvalue weighted by Crippen LogP contribution is -2.38. The Hall–Kier alpha value is -0.0800. The highest BCUT2D eigenvalue weighted by atomic mass is 15.1. The van der Waals surface area contributed by atoms with Crippen LogP contribution in [0.25, 0.3) is 0 Å². The summed E-state index contributed by atoms with van der Waals surface area (Å²) in [5.41, 5.74) is 5.73. The molecule has 0 aromatic rings. The number of unbranched alkanes of at least 4 members (excludes halogenated alkanes) is 2. The molecule has 2 nitrogen and oxygen atoms in total. The van der Waals surface area contributed by atoms with Crippen LogP contribution in [0.3, 0.4) is 0 Å². The second-order valence-corrected chi connectivity index (χ2v) is 4.44. The SMILES string of the molecule is CN(CCCCCN)C(C)(C)C. The smallest absolute Gasteiger partial charge is 0.0122 e. The zero-order chi connectivity index (χ0) is 9.61. The van der Waals surface area contributed by atoms with Crippen molar-refractivity contribution in [3.63, 3.8) is 0 Å². The summed E-state index contributed by atoms with van der Waals surface area (Å²) in [4.78, 5) is 2.39. The summed E-state index contributed by atoms with van der Waals surface area (Å²) in [6.07, 6.45) is 3.69. The van der Waals surface area contributed by atoms with Gasteiger partial charge < -0.3 is 10.6 Å². The maximum absolute atomic E-state index is 5.42. The molecule has 74 valence electrons. The Bertz CT molecular complexity index is 105. The van der Waals surface area contributed by atoms with E-state index in [-0.39, 0.29) is 0 Å². The van der Waals surface area contributed by atoms with E-state index in [1.165, 1.54) is 19.4 Å². The predicted octanol–water partition coefficient (Wildman–Crippen LogP) is 1.85. The lowest BCUT2D eigenvalue weighted by Gasteiger charge is -2.31. The summed E-state index contributed by atoms with van der Waals surface area (Å²) in [5, 5.41) is 0. The number of nitrogens with two attached hydrogens (primary N) is 1. The molecule has 0 spiro atoms. The Balaban J connectivity index is 3.38. The number of nitrogens with zero attached hydrogens (tertiary/aromatic N) is 1. The zero-order valence-corrected chi connectivity index (χ0v) is 9.06. The molecule has 0 unspecified atom stereocenters. The number of hydrogen-bond donors (Lipinski definition) is 1. The van der Waals surface area contributed by atoms with Gasteiger partial charge in [0.15, 0.2) is 0 Å². The van der Waals surface area contributed by atoms with Gasteiger partial charge in [-0.05, 0) is 53.8 Å². The van der Waals surface area contributed by atoms with Crippen LogP contribution in [-0.2, 0) is 0 Å². The fourth-order valence-electron chi connectivity index (χ4n) is 1.01. The van der Waals surface area contributed by atoms with Crippen molar-refractivity contribution < 1.29 is 0 Å². The molecule has 0 amide bonds. The molecule has 0 aliphatic heterocycles. The van der Waals surface area contributed by atoms with Crippen molar-refractivity contribution in [2.24, 2.45) is 5.73 Å². The van der Waals surface area contributed by atoms with Crippen molar-refractivity contribution in [2.75, 3.05) is 20.1 Å². The highest BCUT2D eigenvalue weighted by Crippen LogP contribution is 2.11. The van der Waals surface area contributed by atoms with Crippen LogP contribution in [0.4, 0.5) is 0 Å². The quantitative estimate of drug-likeness (QED) is 0.641. The van der Waals surface area contributed by atoms with Crippen molar-refractivity contribution in [3.8, 4) is 0 Å². The van der Waals surface area contributed by atoms with E-state index in [4.69, 9.17) is 5.73 Å². The van der Waals surface area contributed by atoms with Gasteiger partial charge in [-0.15, -0.1) is 0 Å². The largest absolute Gasteiger partial charge is 0.330 e. The molecule has 0 rings (SSSR count).